The molecule has 0 saturated carbocycles. The van der Waals surface area contributed by atoms with E-state index in [0.29, 0.717) is 11.3 Å². The molecule has 1 unspecified atom stereocenters. The van der Waals surface area contributed by atoms with Crippen LogP contribution in [0.15, 0.2) is 66.2 Å². The van der Waals surface area contributed by atoms with Gasteiger partial charge in [0.2, 0.25) is 0 Å². The second kappa shape index (κ2) is 10.6. The third kappa shape index (κ3) is 4.70. The van der Waals surface area contributed by atoms with E-state index in [2.05, 4.69) is 0 Å². The number of halogens is 1. The molecule has 0 radical (unpaired) electrons. The Bertz CT molecular complexity index is 1460. The number of anilines is 2. The van der Waals surface area contributed by atoms with Crippen molar-refractivity contribution in [3.63, 3.8) is 0 Å². The van der Waals surface area contributed by atoms with Crippen LogP contribution in [0, 0.1) is 6.92 Å². The van der Waals surface area contributed by atoms with Crippen LogP contribution in [0.3, 0.4) is 0 Å². The first kappa shape index (κ1) is 26.8. The first-order valence-corrected chi connectivity index (χ1v) is 12.1. The average molecular weight is 535 g/mol. The SMILES string of the molecule is COC(=O)c1cccc(N2C(=O)C(=O)/C(=C(/O)c3cc(C)cc(Cl)c3OC)C2c2ccc(N(C)C)cc2)c1. The van der Waals surface area contributed by atoms with Crippen molar-refractivity contribution in [3.8, 4) is 5.75 Å². The number of rotatable bonds is 6. The number of nitrogens with zero attached hydrogens (tertiary/aromatic N) is 2. The van der Waals surface area contributed by atoms with Crippen molar-refractivity contribution in [2.24, 2.45) is 0 Å². The number of carbonyl (C=O) groups excluding carboxylic acids is 3. The van der Waals surface area contributed by atoms with Crippen molar-refractivity contribution in [2.75, 3.05) is 38.1 Å². The minimum atomic E-state index is -0.997. The highest BCUT2D eigenvalue weighted by Crippen LogP contribution is 2.44. The average Bonchev–Trinajstić information content (AvgIpc) is 3.17. The summed E-state index contributed by atoms with van der Waals surface area (Å²) in [6, 6.07) is 15.8. The van der Waals surface area contributed by atoms with E-state index in [9.17, 15) is 19.5 Å². The molecule has 3 aromatic rings. The Balaban J connectivity index is 1.99. The lowest BCUT2D eigenvalue weighted by atomic mass is 9.94. The van der Waals surface area contributed by atoms with Crippen molar-refractivity contribution < 1.29 is 29.0 Å². The van der Waals surface area contributed by atoms with Gasteiger partial charge in [0, 0.05) is 25.5 Å². The molecule has 9 heteroatoms. The van der Waals surface area contributed by atoms with Gasteiger partial charge in [0.05, 0.1) is 42.0 Å². The van der Waals surface area contributed by atoms with E-state index < -0.39 is 29.5 Å². The van der Waals surface area contributed by atoms with Crippen LogP contribution in [0.5, 0.6) is 5.75 Å². The summed E-state index contributed by atoms with van der Waals surface area (Å²) in [4.78, 5) is 42.4. The van der Waals surface area contributed by atoms with Gasteiger partial charge < -0.3 is 19.5 Å². The molecule has 1 atom stereocenters. The molecule has 1 amide bonds. The zero-order chi connectivity index (χ0) is 27.7. The first-order chi connectivity index (χ1) is 18.1. The summed E-state index contributed by atoms with van der Waals surface area (Å²) in [5.74, 6) is -2.57. The second-order valence-corrected chi connectivity index (χ2v) is 9.43. The third-order valence-corrected chi connectivity index (χ3v) is 6.64. The molecule has 38 heavy (non-hydrogen) atoms. The van der Waals surface area contributed by atoms with Gasteiger partial charge in [-0.2, -0.15) is 0 Å². The van der Waals surface area contributed by atoms with E-state index in [4.69, 9.17) is 21.1 Å². The van der Waals surface area contributed by atoms with Crippen LogP contribution in [-0.2, 0) is 14.3 Å². The number of ketones is 1. The largest absolute Gasteiger partial charge is 0.507 e. The number of methoxy groups -OCH3 is 2. The summed E-state index contributed by atoms with van der Waals surface area (Å²) < 4.78 is 10.3. The molecule has 1 heterocycles. The summed E-state index contributed by atoms with van der Waals surface area (Å²) in [5.41, 5.74) is 2.78. The highest BCUT2D eigenvalue weighted by molar-refractivity contribution is 6.51. The molecule has 196 valence electrons. The van der Waals surface area contributed by atoms with Crippen LogP contribution < -0.4 is 14.5 Å². The van der Waals surface area contributed by atoms with Crippen molar-refractivity contribution in [2.45, 2.75) is 13.0 Å². The molecule has 1 aliphatic heterocycles. The summed E-state index contributed by atoms with van der Waals surface area (Å²) >= 11 is 6.37. The van der Waals surface area contributed by atoms with E-state index >= 15 is 0 Å². The maximum atomic E-state index is 13.5. The Hall–Kier alpha value is -4.30. The monoisotopic (exact) mass is 534 g/mol. The van der Waals surface area contributed by atoms with Crippen molar-refractivity contribution >= 4 is 46.4 Å². The maximum Gasteiger partial charge on any atom is 0.337 e. The van der Waals surface area contributed by atoms with Gasteiger partial charge in [0.1, 0.15) is 11.5 Å². The van der Waals surface area contributed by atoms with Gasteiger partial charge in [-0.05, 0) is 60.5 Å². The first-order valence-electron chi connectivity index (χ1n) is 11.7. The van der Waals surface area contributed by atoms with E-state index in [1.54, 1.807) is 49.4 Å². The number of aliphatic hydroxyl groups excluding tert-OH is 1. The van der Waals surface area contributed by atoms with E-state index in [0.717, 1.165) is 11.3 Å². The lowest BCUT2D eigenvalue weighted by molar-refractivity contribution is -0.132. The molecular weight excluding hydrogens is 508 g/mol. The van der Waals surface area contributed by atoms with Gasteiger partial charge in [-0.1, -0.05) is 29.8 Å². The topological polar surface area (TPSA) is 96.4 Å². The van der Waals surface area contributed by atoms with Crippen LogP contribution in [0.4, 0.5) is 11.4 Å². The van der Waals surface area contributed by atoms with Crippen LogP contribution >= 0.6 is 11.6 Å². The number of hydrogen-bond donors (Lipinski definition) is 1. The number of Topliss-reactive ketones (excluding diaryl/α,β-unsaturated/α-hetero) is 1. The normalized spacial score (nSPS) is 16.5. The standard InChI is InChI=1S/C29H27ClN2O6/c1-16-13-21(27(37-4)22(30)14-16)25(33)23-24(17-9-11-19(12-10-17)31(2)3)32(28(35)26(23)34)20-8-6-7-18(15-20)29(36)38-5/h6-15,24,33H,1-5H3/b25-23+. The Morgan fingerprint density at radius 2 is 1.71 bits per heavy atom. The molecule has 8 nitrogen and oxygen atoms in total. The van der Waals surface area contributed by atoms with Crippen LogP contribution in [-0.4, -0.2) is 51.1 Å². The Morgan fingerprint density at radius 1 is 1.03 bits per heavy atom. The minimum Gasteiger partial charge on any atom is -0.507 e. The van der Waals surface area contributed by atoms with Gasteiger partial charge >= 0.3 is 5.97 Å². The predicted octanol–water partition coefficient (Wildman–Crippen LogP) is 5.14. The molecular formula is C29H27ClN2O6. The number of ether oxygens (including phenoxy) is 2. The summed E-state index contributed by atoms with van der Waals surface area (Å²) in [6.07, 6.45) is 0. The quantitative estimate of drug-likeness (QED) is 0.202. The Kier molecular flexibility index (Phi) is 7.46. The molecule has 1 aliphatic rings. The number of benzene rings is 3. The van der Waals surface area contributed by atoms with Crippen molar-refractivity contribution in [1.29, 1.82) is 0 Å². The number of hydrogen-bond acceptors (Lipinski definition) is 7. The molecule has 0 aliphatic carbocycles. The highest BCUT2D eigenvalue weighted by atomic mass is 35.5. The van der Waals surface area contributed by atoms with Crippen molar-refractivity contribution in [1.82, 2.24) is 0 Å². The summed E-state index contributed by atoms with van der Waals surface area (Å²) in [7, 11) is 6.45. The summed E-state index contributed by atoms with van der Waals surface area (Å²) in [5, 5.41) is 11.8. The van der Waals surface area contributed by atoms with Gasteiger partial charge in [-0.3, -0.25) is 14.5 Å². The van der Waals surface area contributed by atoms with E-state index in [-0.39, 0.29) is 27.5 Å². The zero-order valence-electron chi connectivity index (χ0n) is 21.6. The molecule has 0 bridgehead atoms. The Labute approximate surface area is 225 Å². The number of carbonyl (C=O) groups is 3. The molecule has 4 rings (SSSR count). The third-order valence-electron chi connectivity index (χ3n) is 6.36. The lowest BCUT2D eigenvalue weighted by Crippen LogP contribution is -2.29. The smallest absolute Gasteiger partial charge is 0.337 e. The lowest BCUT2D eigenvalue weighted by Gasteiger charge is -2.26. The minimum absolute atomic E-state index is 0.129. The van der Waals surface area contributed by atoms with E-state index in [1.165, 1.54) is 25.2 Å². The van der Waals surface area contributed by atoms with Gasteiger partial charge in [-0.15, -0.1) is 0 Å². The molecule has 1 fully saturated rings. The maximum absolute atomic E-state index is 13.5. The number of amides is 1. The van der Waals surface area contributed by atoms with Crippen molar-refractivity contribution in [3.05, 3.63) is 93.5 Å². The number of aliphatic hydroxyl groups is 1. The predicted molar refractivity (Wildman–Crippen MR) is 146 cm³/mol. The molecule has 3 aromatic carbocycles. The van der Waals surface area contributed by atoms with Gasteiger partial charge in [0.25, 0.3) is 11.7 Å². The van der Waals surface area contributed by atoms with Gasteiger partial charge in [0.15, 0.2) is 0 Å². The summed E-state index contributed by atoms with van der Waals surface area (Å²) in [6.45, 7) is 1.79. The molecule has 1 saturated heterocycles. The highest BCUT2D eigenvalue weighted by Gasteiger charge is 2.47. The fraction of sp³-hybridized carbons (Fsp3) is 0.207. The molecule has 0 aromatic heterocycles. The fourth-order valence-corrected chi connectivity index (χ4v) is 4.88. The molecule has 1 N–H and O–H groups in total. The number of aryl methyl sites for hydroxylation is 1. The second-order valence-electron chi connectivity index (χ2n) is 9.02. The van der Waals surface area contributed by atoms with E-state index in [1.807, 2.05) is 31.1 Å². The van der Waals surface area contributed by atoms with Crippen LogP contribution in [0.1, 0.15) is 33.1 Å². The fourth-order valence-electron chi connectivity index (χ4n) is 4.53. The Morgan fingerprint density at radius 3 is 2.32 bits per heavy atom. The number of esters is 1. The van der Waals surface area contributed by atoms with Crippen LogP contribution in [0.25, 0.3) is 5.76 Å². The van der Waals surface area contributed by atoms with Gasteiger partial charge in [-0.25, -0.2) is 4.79 Å². The molecule has 0 spiro atoms. The van der Waals surface area contributed by atoms with Crippen LogP contribution in [0.2, 0.25) is 5.02 Å². The zero-order valence-corrected chi connectivity index (χ0v) is 22.4.